The monoisotopic (exact) mass is 892 g/mol. The third kappa shape index (κ3) is 42.5. The molecular weight excluding hydrogens is 814 g/mol. The predicted octanol–water partition coefficient (Wildman–Crippen LogP) is 10.2. The minimum absolute atomic E-state index is 0.0993. The number of esters is 2. The Bertz CT molecular complexity index is 1310. The van der Waals surface area contributed by atoms with Crippen LogP contribution in [-0.2, 0) is 41.8 Å². The van der Waals surface area contributed by atoms with E-state index in [1.165, 1.54) is 57.8 Å². The van der Waals surface area contributed by atoms with E-state index in [2.05, 4.69) is 59.4 Å². The molecule has 14 nitrogen and oxygen atoms in total. The molecule has 0 aromatic rings. The van der Waals surface area contributed by atoms with Gasteiger partial charge in [-0.3, -0.25) is 23.2 Å². The summed E-state index contributed by atoms with van der Waals surface area (Å²) in [5.74, 6) is -1.24. The summed E-state index contributed by atoms with van der Waals surface area (Å²) in [7, 11) is -9.75. The Kier molecular flexibility index (Phi) is 38.1. The fourth-order valence-corrected chi connectivity index (χ4v) is 6.72. The Balaban J connectivity index is 4.72. The lowest BCUT2D eigenvalue weighted by Crippen LogP contribution is -2.30. The molecule has 60 heavy (non-hydrogen) atoms. The molecule has 0 bridgehead atoms. The summed E-state index contributed by atoms with van der Waals surface area (Å²) in [4.78, 5) is 52.7. The highest BCUT2D eigenvalue weighted by Crippen LogP contribution is 2.43. The van der Waals surface area contributed by atoms with Crippen molar-refractivity contribution in [2.45, 2.75) is 180 Å². The van der Waals surface area contributed by atoms with E-state index >= 15 is 0 Å². The largest absolute Gasteiger partial charge is 0.472 e. The molecule has 0 aromatic carbocycles. The quantitative estimate of drug-likeness (QED) is 0.0127. The second-order valence-corrected chi connectivity index (χ2v) is 17.5. The standard InChI is InChI=1S/C44H78O14P2/c1-3-5-7-9-11-13-15-17-18-20-22-24-26-28-30-34-43(47)54-38-42(39-57-60(52,53)56-37-41(46)36-55-59(49,50)51)58-44(48)35-31-33-40(45)32-29-27-25-23-21-19-16-14-12-10-8-6-4-2/h12-15,19,21,25,27,29,32,40-42,45-46H,3-11,16-18,20,22-24,26,28,30-31,33-39H2,1-2H3,(H,52,53)(H2,49,50,51)/b14-12-,15-13-,21-19-,27-25-,32-29+/t40-,41-,42+/m0/s1. The summed E-state index contributed by atoms with van der Waals surface area (Å²) in [6.45, 7) is 1.49. The fourth-order valence-electron chi connectivity index (χ4n) is 5.56. The van der Waals surface area contributed by atoms with E-state index in [0.29, 0.717) is 6.42 Å². The lowest BCUT2D eigenvalue weighted by Gasteiger charge is -2.20. The van der Waals surface area contributed by atoms with Crippen LogP contribution >= 0.6 is 15.6 Å². The minimum atomic E-state index is -4.89. The average molecular weight is 893 g/mol. The third-order valence-corrected chi connectivity index (χ3v) is 10.4. The van der Waals surface area contributed by atoms with Gasteiger partial charge in [0.05, 0.1) is 25.9 Å². The van der Waals surface area contributed by atoms with Crippen molar-refractivity contribution in [2.75, 3.05) is 26.4 Å². The first-order valence-corrected chi connectivity index (χ1v) is 25.1. The van der Waals surface area contributed by atoms with Gasteiger partial charge in [-0.2, -0.15) is 0 Å². The van der Waals surface area contributed by atoms with Crippen molar-refractivity contribution in [3.05, 3.63) is 60.8 Å². The number of allylic oxidation sites excluding steroid dienone is 9. The average Bonchev–Trinajstić information content (AvgIpc) is 3.20. The van der Waals surface area contributed by atoms with E-state index in [1.807, 2.05) is 12.2 Å². The van der Waals surface area contributed by atoms with Crippen LogP contribution in [0.2, 0.25) is 0 Å². The number of phosphoric ester groups is 2. The van der Waals surface area contributed by atoms with Gasteiger partial charge < -0.3 is 34.4 Å². The first-order chi connectivity index (χ1) is 28.8. The van der Waals surface area contributed by atoms with Crippen LogP contribution in [-0.4, -0.2) is 81.6 Å². The number of rotatable bonds is 41. The molecule has 1 unspecified atom stereocenters. The molecule has 0 saturated heterocycles. The number of ether oxygens (including phenoxy) is 2. The van der Waals surface area contributed by atoms with Gasteiger partial charge in [0.25, 0.3) is 0 Å². The summed E-state index contributed by atoms with van der Waals surface area (Å²) in [6, 6.07) is 0. The molecule has 16 heteroatoms. The van der Waals surface area contributed by atoms with Crippen molar-refractivity contribution in [3.8, 4) is 0 Å². The van der Waals surface area contributed by atoms with E-state index in [9.17, 15) is 33.8 Å². The van der Waals surface area contributed by atoms with Crippen molar-refractivity contribution >= 4 is 27.6 Å². The number of unbranched alkanes of at least 4 members (excludes halogenated alkanes) is 14. The Morgan fingerprint density at radius 2 is 1.05 bits per heavy atom. The minimum Gasteiger partial charge on any atom is -0.462 e. The molecular formula is C44H78O14P2. The Morgan fingerprint density at radius 1 is 0.550 bits per heavy atom. The molecule has 348 valence electrons. The second kappa shape index (κ2) is 39.6. The zero-order valence-corrected chi connectivity index (χ0v) is 38.2. The Labute approximate surface area is 360 Å². The molecule has 0 aromatic heterocycles. The highest BCUT2D eigenvalue weighted by molar-refractivity contribution is 7.47. The Morgan fingerprint density at radius 3 is 1.70 bits per heavy atom. The normalized spacial score (nSPS) is 15.1. The van der Waals surface area contributed by atoms with Crippen molar-refractivity contribution in [1.29, 1.82) is 0 Å². The Hall–Kier alpha value is -2.22. The van der Waals surface area contributed by atoms with E-state index in [-0.39, 0.29) is 25.7 Å². The molecule has 0 rings (SSSR count). The number of hydrogen-bond acceptors (Lipinski definition) is 11. The van der Waals surface area contributed by atoms with Crippen molar-refractivity contribution in [2.24, 2.45) is 0 Å². The first-order valence-electron chi connectivity index (χ1n) is 22.1. The highest BCUT2D eigenvalue weighted by Gasteiger charge is 2.28. The van der Waals surface area contributed by atoms with Gasteiger partial charge >= 0.3 is 27.6 Å². The van der Waals surface area contributed by atoms with Gasteiger partial charge in [0.2, 0.25) is 0 Å². The number of aliphatic hydroxyl groups excluding tert-OH is 2. The molecule has 4 atom stereocenters. The van der Waals surface area contributed by atoms with Crippen molar-refractivity contribution < 1.29 is 66.7 Å². The van der Waals surface area contributed by atoms with Gasteiger partial charge in [-0.25, -0.2) is 9.13 Å². The van der Waals surface area contributed by atoms with Crippen LogP contribution in [0.5, 0.6) is 0 Å². The maximum atomic E-state index is 12.7. The van der Waals surface area contributed by atoms with Crippen LogP contribution in [0, 0.1) is 0 Å². The van der Waals surface area contributed by atoms with E-state index in [4.69, 9.17) is 23.8 Å². The maximum absolute atomic E-state index is 12.7. The molecule has 0 spiro atoms. The van der Waals surface area contributed by atoms with Crippen LogP contribution in [0.3, 0.4) is 0 Å². The van der Waals surface area contributed by atoms with E-state index in [1.54, 1.807) is 12.2 Å². The van der Waals surface area contributed by atoms with Crippen LogP contribution < -0.4 is 0 Å². The van der Waals surface area contributed by atoms with Crippen LogP contribution in [0.15, 0.2) is 60.8 Å². The van der Waals surface area contributed by atoms with Gasteiger partial charge in [-0.15, -0.1) is 0 Å². The molecule has 0 amide bonds. The maximum Gasteiger partial charge on any atom is 0.472 e. The lowest BCUT2D eigenvalue weighted by molar-refractivity contribution is -0.161. The molecule has 0 aliphatic rings. The number of phosphoric acid groups is 2. The molecule has 0 aliphatic heterocycles. The molecule has 0 aliphatic carbocycles. The summed E-state index contributed by atoms with van der Waals surface area (Å²) >= 11 is 0. The number of carbonyl (C=O) groups is 2. The lowest BCUT2D eigenvalue weighted by atomic mass is 10.1. The number of hydrogen-bond donors (Lipinski definition) is 5. The molecule has 0 radical (unpaired) electrons. The highest BCUT2D eigenvalue weighted by atomic mass is 31.2. The summed E-state index contributed by atoms with van der Waals surface area (Å²) in [5.41, 5.74) is 0. The molecule has 0 heterocycles. The van der Waals surface area contributed by atoms with E-state index in [0.717, 1.165) is 57.8 Å². The summed E-state index contributed by atoms with van der Waals surface area (Å²) in [5, 5.41) is 20.0. The summed E-state index contributed by atoms with van der Waals surface area (Å²) < 4.78 is 47.6. The zero-order valence-electron chi connectivity index (χ0n) is 36.4. The van der Waals surface area contributed by atoms with Crippen LogP contribution in [0.1, 0.15) is 162 Å². The van der Waals surface area contributed by atoms with Crippen LogP contribution in [0.4, 0.5) is 0 Å². The SMILES string of the molecule is CCCCC/C=C\C/C=C\C/C=C\C=C\[C@H](O)CCCC(=O)O[C@H](COC(=O)CCCCCCCCC/C=C\CCCCCC)COP(=O)(O)OC[C@@H](O)COP(=O)(O)O. The van der Waals surface area contributed by atoms with Crippen molar-refractivity contribution in [3.63, 3.8) is 0 Å². The van der Waals surface area contributed by atoms with Gasteiger partial charge in [0.1, 0.15) is 12.7 Å². The smallest absolute Gasteiger partial charge is 0.462 e. The predicted molar refractivity (Wildman–Crippen MR) is 236 cm³/mol. The first kappa shape index (κ1) is 57.8. The molecule has 0 saturated carbocycles. The molecule has 0 fully saturated rings. The second-order valence-electron chi connectivity index (χ2n) is 14.8. The van der Waals surface area contributed by atoms with Crippen LogP contribution in [0.25, 0.3) is 0 Å². The van der Waals surface area contributed by atoms with Gasteiger partial charge in [0.15, 0.2) is 6.10 Å². The van der Waals surface area contributed by atoms with Crippen molar-refractivity contribution in [1.82, 2.24) is 0 Å². The molecule has 5 N–H and O–H groups in total. The van der Waals surface area contributed by atoms with Gasteiger partial charge in [-0.05, 0) is 70.6 Å². The number of aliphatic hydroxyl groups is 2. The van der Waals surface area contributed by atoms with Gasteiger partial charge in [-0.1, -0.05) is 139 Å². The topological polar surface area (TPSA) is 216 Å². The zero-order chi connectivity index (χ0) is 44.6. The number of carbonyl (C=O) groups excluding carboxylic acids is 2. The van der Waals surface area contributed by atoms with Gasteiger partial charge in [0, 0.05) is 12.8 Å². The third-order valence-electron chi connectivity index (χ3n) is 8.97. The van der Waals surface area contributed by atoms with E-state index < -0.39 is 72.3 Å². The fraction of sp³-hybridized carbons (Fsp3) is 0.727. The summed E-state index contributed by atoms with van der Waals surface area (Å²) in [6.07, 6.45) is 38.1.